The molecule has 0 atom stereocenters. The Bertz CT molecular complexity index is 2060. The molecule has 0 aliphatic heterocycles. The van der Waals surface area contributed by atoms with E-state index in [1.807, 2.05) is 12.3 Å². The van der Waals surface area contributed by atoms with Gasteiger partial charge in [0, 0.05) is 17.0 Å². The van der Waals surface area contributed by atoms with Crippen molar-refractivity contribution in [2.75, 3.05) is 0 Å². The van der Waals surface area contributed by atoms with E-state index in [0.29, 0.717) is 0 Å². The highest BCUT2D eigenvalue weighted by atomic mass is 15.0. The molecule has 0 N–H and O–H groups in total. The molecule has 3 heteroatoms. The SMILES string of the molecule is c1ccc2c(c1)Cc1c-2ccc2c1Cc1c-2ccc2c1c1ncccc1n1c3ccccc3nc21. The molecule has 0 saturated heterocycles. The molecule has 4 aromatic carbocycles. The summed E-state index contributed by atoms with van der Waals surface area (Å²) in [7, 11) is 0. The molecule has 7 aromatic rings. The van der Waals surface area contributed by atoms with Gasteiger partial charge in [-0.15, -0.1) is 0 Å². The minimum Gasteiger partial charge on any atom is -0.290 e. The molecule has 2 aliphatic rings. The minimum absolute atomic E-state index is 0.946. The lowest BCUT2D eigenvalue weighted by molar-refractivity contribution is 1.17. The van der Waals surface area contributed by atoms with Gasteiger partial charge in [0.1, 0.15) is 5.65 Å². The topological polar surface area (TPSA) is 30.2 Å². The maximum Gasteiger partial charge on any atom is 0.146 e. The van der Waals surface area contributed by atoms with Crippen LogP contribution in [0.1, 0.15) is 22.3 Å². The molecule has 0 fully saturated rings. The van der Waals surface area contributed by atoms with Gasteiger partial charge in [-0.2, -0.15) is 0 Å². The third kappa shape index (κ3) is 2.12. The number of hydrogen-bond donors (Lipinski definition) is 0. The predicted molar refractivity (Wildman–Crippen MR) is 142 cm³/mol. The van der Waals surface area contributed by atoms with E-state index >= 15 is 0 Å². The van der Waals surface area contributed by atoms with Crippen LogP contribution in [0.25, 0.3) is 60.7 Å². The summed E-state index contributed by atoms with van der Waals surface area (Å²) >= 11 is 0. The largest absolute Gasteiger partial charge is 0.290 e. The van der Waals surface area contributed by atoms with E-state index in [1.165, 1.54) is 55.3 Å². The van der Waals surface area contributed by atoms with E-state index in [9.17, 15) is 0 Å². The van der Waals surface area contributed by atoms with Gasteiger partial charge in [-0.3, -0.25) is 9.38 Å². The van der Waals surface area contributed by atoms with E-state index in [2.05, 4.69) is 83.3 Å². The van der Waals surface area contributed by atoms with Crippen LogP contribution in [0.3, 0.4) is 0 Å². The van der Waals surface area contributed by atoms with Crippen molar-refractivity contribution < 1.29 is 0 Å². The molecule has 2 aliphatic carbocycles. The Hall–Kier alpha value is -4.50. The molecule has 0 saturated carbocycles. The van der Waals surface area contributed by atoms with Crippen molar-refractivity contribution in [2.45, 2.75) is 12.8 Å². The van der Waals surface area contributed by atoms with Crippen LogP contribution in [-0.2, 0) is 12.8 Å². The number of para-hydroxylation sites is 2. The number of rotatable bonds is 0. The number of nitrogens with zero attached hydrogens (tertiary/aromatic N) is 3. The van der Waals surface area contributed by atoms with E-state index in [1.54, 1.807) is 0 Å². The molecule has 0 unspecified atom stereocenters. The van der Waals surface area contributed by atoms with Crippen molar-refractivity contribution in [3.63, 3.8) is 0 Å². The Morgan fingerprint density at radius 2 is 1.34 bits per heavy atom. The van der Waals surface area contributed by atoms with E-state index in [4.69, 9.17) is 9.97 Å². The third-order valence-corrected chi connectivity index (χ3v) is 8.13. The molecule has 0 bridgehead atoms. The lowest BCUT2D eigenvalue weighted by atomic mass is 9.96. The summed E-state index contributed by atoms with van der Waals surface area (Å²) in [4.78, 5) is 10.0. The molecule has 3 aromatic heterocycles. The normalized spacial score (nSPS) is 13.5. The molecule has 0 spiro atoms. The molecule has 3 nitrogen and oxygen atoms in total. The van der Waals surface area contributed by atoms with Gasteiger partial charge in [0.2, 0.25) is 0 Å². The first kappa shape index (κ1) is 17.9. The quantitative estimate of drug-likeness (QED) is 0.229. The fourth-order valence-corrected chi connectivity index (χ4v) is 6.67. The molecule has 0 radical (unpaired) electrons. The molecular formula is C32H19N3. The third-order valence-electron chi connectivity index (χ3n) is 8.13. The lowest BCUT2D eigenvalue weighted by Gasteiger charge is -2.12. The van der Waals surface area contributed by atoms with Gasteiger partial charge >= 0.3 is 0 Å². The fourth-order valence-electron chi connectivity index (χ4n) is 6.67. The summed E-state index contributed by atoms with van der Waals surface area (Å²) in [5, 5.41) is 2.43. The van der Waals surface area contributed by atoms with Crippen LogP contribution in [-0.4, -0.2) is 14.4 Å². The van der Waals surface area contributed by atoms with Crippen LogP contribution in [0.4, 0.5) is 0 Å². The standard InChI is InChI=1S/C32H19N3/c1-2-7-19-18(6-1)16-24-20(19)11-12-21-22-13-14-23-30(26(22)17-25(21)24)31-29(10-5-15-33-31)35-28-9-4-3-8-27(28)34-32(23)35/h1-15H,16-17H2. The van der Waals surface area contributed by atoms with Gasteiger partial charge in [0.15, 0.2) is 0 Å². The smallest absolute Gasteiger partial charge is 0.146 e. The zero-order valence-electron chi connectivity index (χ0n) is 18.9. The highest BCUT2D eigenvalue weighted by Gasteiger charge is 2.30. The average molecular weight is 446 g/mol. The zero-order valence-corrected chi connectivity index (χ0v) is 18.9. The summed E-state index contributed by atoms with van der Waals surface area (Å²) in [6.45, 7) is 0. The van der Waals surface area contributed by atoms with Gasteiger partial charge in [-0.25, -0.2) is 4.98 Å². The van der Waals surface area contributed by atoms with Gasteiger partial charge in [0.25, 0.3) is 0 Å². The van der Waals surface area contributed by atoms with Crippen molar-refractivity contribution in [3.8, 4) is 22.3 Å². The summed E-state index contributed by atoms with van der Waals surface area (Å²) in [5.41, 5.74) is 16.7. The van der Waals surface area contributed by atoms with E-state index < -0.39 is 0 Å². The lowest BCUT2D eigenvalue weighted by Crippen LogP contribution is -1.96. The summed E-state index contributed by atoms with van der Waals surface area (Å²) < 4.78 is 2.28. The van der Waals surface area contributed by atoms with Gasteiger partial charge in [0.05, 0.1) is 22.1 Å². The second-order valence-corrected chi connectivity index (χ2v) is 9.77. The Labute approximate surface area is 201 Å². The second kappa shape index (κ2) is 6.13. The highest BCUT2D eigenvalue weighted by Crippen LogP contribution is 2.49. The van der Waals surface area contributed by atoms with Gasteiger partial charge in [-0.1, -0.05) is 54.6 Å². The Balaban J connectivity index is 1.39. The van der Waals surface area contributed by atoms with Crippen LogP contribution in [0.15, 0.2) is 91.1 Å². The van der Waals surface area contributed by atoms with Crippen LogP contribution in [0, 0.1) is 0 Å². The van der Waals surface area contributed by atoms with Crippen molar-refractivity contribution in [1.29, 1.82) is 0 Å². The van der Waals surface area contributed by atoms with E-state index in [0.717, 1.165) is 40.6 Å². The number of aromatic nitrogens is 3. The molecule has 9 rings (SSSR count). The first-order valence-electron chi connectivity index (χ1n) is 12.2. The minimum atomic E-state index is 0.946. The van der Waals surface area contributed by atoms with Crippen molar-refractivity contribution in [2.24, 2.45) is 0 Å². The molecular weight excluding hydrogens is 426 g/mol. The molecule has 0 amide bonds. The summed E-state index contributed by atoms with van der Waals surface area (Å²) in [5.74, 6) is 0. The number of imidazole rings is 1. The summed E-state index contributed by atoms with van der Waals surface area (Å²) in [6.07, 6.45) is 3.89. The van der Waals surface area contributed by atoms with Crippen LogP contribution >= 0.6 is 0 Å². The van der Waals surface area contributed by atoms with Crippen LogP contribution in [0.5, 0.6) is 0 Å². The highest BCUT2D eigenvalue weighted by molar-refractivity contribution is 6.16. The monoisotopic (exact) mass is 445 g/mol. The Kier molecular flexibility index (Phi) is 3.14. The number of fused-ring (bicyclic) bond motifs is 16. The van der Waals surface area contributed by atoms with Crippen molar-refractivity contribution >= 4 is 38.5 Å². The van der Waals surface area contributed by atoms with Gasteiger partial charge in [-0.05, 0) is 87.7 Å². The van der Waals surface area contributed by atoms with Crippen LogP contribution < -0.4 is 0 Å². The fraction of sp³-hybridized carbons (Fsp3) is 0.0625. The Morgan fingerprint density at radius 3 is 2.31 bits per heavy atom. The zero-order chi connectivity index (χ0) is 22.7. The maximum atomic E-state index is 5.09. The Morgan fingerprint density at radius 1 is 0.600 bits per heavy atom. The second-order valence-electron chi connectivity index (χ2n) is 9.77. The van der Waals surface area contributed by atoms with E-state index in [-0.39, 0.29) is 0 Å². The number of hydrogen-bond acceptors (Lipinski definition) is 2. The molecule has 162 valence electrons. The van der Waals surface area contributed by atoms with Crippen molar-refractivity contribution in [3.05, 3.63) is 113 Å². The number of benzene rings is 4. The number of pyridine rings is 2. The first-order valence-corrected chi connectivity index (χ1v) is 12.2. The average Bonchev–Trinajstić information content (AvgIpc) is 3.59. The molecule has 3 heterocycles. The van der Waals surface area contributed by atoms with Crippen molar-refractivity contribution in [1.82, 2.24) is 14.4 Å². The van der Waals surface area contributed by atoms with Gasteiger partial charge < -0.3 is 0 Å². The predicted octanol–water partition coefficient (Wildman–Crippen LogP) is 7.33. The molecule has 35 heavy (non-hydrogen) atoms. The summed E-state index contributed by atoms with van der Waals surface area (Å²) in [6, 6.07) is 30.7. The van der Waals surface area contributed by atoms with Crippen LogP contribution in [0.2, 0.25) is 0 Å². The maximum absolute atomic E-state index is 5.09. The first-order chi connectivity index (χ1) is 17.4.